The average Bonchev–Trinajstić information content (AvgIpc) is 2.39. The van der Waals surface area contributed by atoms with E-state index in [0.29, 0.717) is 16.9 Å². The van der Waals surface area contributed by atoms with E-state index in [-0.39, 0.29) is 11.6 Å². The normalized spacial score (nSPS) is 9.89. The van der Waals surface area contributed by atoms with Crippen molar-refractivity contribution in [2.45, 2.75) is 0 Å². The molecule has 0 aliphatic heterocycles. The molecular weight excluding hydrogens is 246 g/mol. The minimum atomic E-state index is -0.499. The van der Waals surface area contributed by atoms with Gasteiger partial charge >= 0.3 is 0 Å². The second kappa shape index (κ2) is 5.18. The highest BCUT2D eigenvalue weighted by molar-refractivity contribution is 6.07. The number of carbonyl (C=O) groups is 1. The number of nitro groups is 1. The van der Waals surface area contributed by atoms with E-state index in [1.165, 1.54) is 24.3 Å². The molecule has 3 N–H and O–H groups in total. The Balaban J connectivity index is 2.15. The molecule has 19 heavy (non-hydrogen) atoms. The molecule has 96 valence electrons. The summed E-state index contributed by atoms with van der Waals surface area (Å²) in [4.78, 5) is 21.9. The Labute approximate surface area is 109 Å². The zero-order chi connectivity index (χ0) is 13.8. The number of rotatable bonds is 3. The van der Waals surface area contributed by atoms with Crippen LogP contribution in [0.5, 0.6) is 0 Å². The number of non-ortho nitro benzene ring substituents is 1. The van der Waals surface area contributed by atoms with Gasteiger partial charge in [0.25, 0.3) is 11.6 Å². The van der Waals surface area contributed by atoms with Crippen molar-refractivity contribution in [1.29, 1.82) is 0 Å². The second-order valence-corrected chi connectivity index (χ2v) is 3.85. The highest BCUT2D eigenvalue weighted by atomic mass is 16.6. The van der Waals surface area contributed by atoms with Gasteiger partial charge in [-0.15, -0.1) is 0 Å². The molecular formula is C13H11N3O3. The van der Waals surface area contributed by atoms with E-state index in [4.69, 9.17) is 5.73 Å². The lowest BCUT2D eigenvalue weighted by molar-refractivity contribution is -0.384. The maximum Gasteiger partial charge on any atom is 0.269 e. The molecule has 0 fully saturated rings. The number of nitrogen functional groups attached to an aromatic ring is 1. The minimum Gasteiger partial charge on any atom is -0.398 e. The summed E-state index contributed by atoms with van der Waals surface area (Å²) in [6.07, 6.45) is 0. The number of nitro benzene ring substituents is 1. The van der Waals surface area contributed by atoms with E-state index < -0.39 is 4.92 Å². The first-order valence-corrected chi connectivity index (χ1v) is 5.48. The number of anilines is 2. The average molecular weight is 257 g/mol. The van der Waals surface area contributed by atoms with Crippen LogP contribution in [0.2, 0.25) is 0 Å². The lowest BCUT2D eigenvalue weighted by atomic mass is 10.1. The Kier molecular flexibility index (Phi) is 3.42. The van der Waals surface area contributed by atoms with Crippen LogP contribution in [0.15, 0.2) is 48.5 Å². The molecule has 6 heteroatoms. The van der Waals surface area contributed by atoms with Gasteiger partial charge in [-0.3, -0.25) is 14.9 Å². The number of nitrogens with zero attached hydrogens (tertiary/aromatic N) is 1. The van der Waals surface area contributed by atoms with Crippen molar-refractivity contribution in [3.05, 3.63) is 64.2 Å². The molecule has 0 unspecified atom stereocenters. The van der Waals surface area contributed by atoms with Crippen molar-refractivity contribution in [1.82, 2.24) is 0 Å². The molecule has 1 amide bonds. The fourth-order valence-electron chi connectivity index (χ4n) is 1.57. The largest absolute Gasteiger partial charge is 0.398 e. The zero-order valence-electron chi connectivity index (χ0n) is 9.87. The van der Waals surface area contributed by atoms with Crippen LogP contribution in [-0.4, -0.2) is 10.8 Å². The highest BCUT2D eigenvalue weighted by Gasteiger charge is 2.10. The SMILES string of the molecule is Nc1ccccc1C(=O)Nc1ccc([N+](=O)[O-])cc1. The third kappa shape index (κ3) is 2.86. The summed E-state index contributed by atoms with van der Waals surface area (Å²) in [6, 6.07) is 12.3. The maximum absolute atomic E-state index is 11.9. The van der Waals surface area contributed by atoms with Gasteiger partial charge in [0.05, 0.1) is 10.5 Å². The number of hydrogen-bond donors (Lipinski definition) is 2. The fraction of sp³-hybridized carbons (Fsp3) is 0. The molecule has 0 saturated carbocycles. The number of nitrogens with two attached hydrogens (primary N) is 1. The van der Waals surface area contributed by atoms with E-state index in [1.54, 1.807) is 24.3 Å². The smallest absolute Gasteiger partial charge is 0.269 e. The number of carbonyl (C=O) groups excluding carboxylic acids is 1. The molecule has 6 nitrogen and oxygen atoms in total. The summed E-state index contributed by atoms with van der Waals surface area (Å²) >= 11 is 0. The molecule has 2 rings (SSSR count). The van der Waals surface area contributed by atoms with E-state index >= 15 is 0 Å². The first kappa shape index (κ1) is 12.6. The van der Waals surface area contributed by atoms with Gasteiger partial charge in [-0.05, 0) is 24.3 Å². The third-order valence-electron chi connectivity index (χ3n) is 2.54. The van der Waals surface area contributed by atoms with E-state index in [2.05, 4.69) is 5.32 Å². The van der Waals surface area contributed by atoms with Gasteiger partial charge in [-0.2, -0.15) is 0 Å². The number of nitrogens with one attached hydrogen (secondary N) is 1. The van der Waals surface area contributed by atoms with Crippen LogP contribution < -0.4 is 11.1 Å². The van der Waals surface area contributed by atoms with Crippen LogP contribution in [-0.2, 0) is 0 Å². The third-order valence-corrected chi connectivity index (χ3v) is 2.54. The Morgan fingerprint density at radius 1 is 1.11 bits per heavy atom. The summed E-state index contributed by atoms with van der Waals surface area (Å²) in [5.74, 6) is -0.355. The van der Waals surface area contributed by atoms with Crippen molar-refractivity contribution in [2.75, 3.05) is 11.1 Å². The molecule has 2 aromatic carbocycles. The van der Waals surface area contributed by atoms with E-state index in [0.717, 1.165) is 0 Å². The monoisotopic (exact) mass is 257 g/mol. The van der Waals surface area contributed by atoms with Crippen LogP contribution in [0.25, 0.3) is 0 Å². The number of benzene rings is 2. The number of amides is 1. The molecule has 0 bridgehead atoms. The summed E-state index contributed by atoms with van der Waals surface area (Å²) in [7, 11) is 0. The standard InChI is InChI=1S/C13H11N3O3/c14-12-4-2-1-3-11(12)13(17)15-9-5-7-10(8-6-9)16(18)19/h1-8H,14H2,(H,15,17). The van der Waals surface area contributed by atoms with Gasteiger partial charge < -0.3 is 11.1 Å². The van der Waals surface area contributed by atoms with Crippen LogP contribution in [0.4, 0.5) is 17.1 Å². The highest BCUT2D eigenvalue weighted by Crippen LogP contribution is 2.17. The minimum absolute atomic E-state index is 0.0303. The molecule has 0 aliphatic carbocycles. The van der Waals surface area contributed by atoms with Crippen LogP contribution >= 0.6 is 0 Å². The molecule has 0 aromatic heterocycles. The van der Waals surface area contributed by atoms with Crippen molar-refractivity contribution >= 4 is 23.0 Å². The molecule has 0 saturated heterocycles. The lowest BCUT2D eigenvalue weighted by Gasteiger charge is -2.06. The maximum atomic E-state index is 11.9. The van der Waals surface area contributed by atoms with Gasteiger partial charge in [0.2, 0.25) is 0 Å². The second-order valence-electron chi connectivity index (χ2n) is 3.85. The van der Waals surface area contributed by atoms with Gasteiger partial charge in [-0.1, -0.05) is 12.1 Å². The summed E-state index contributed by atoms with van der Waals surface area (Å²) in [5, 5.41) is 13.1. The van der Waals surface area contributed by atoms with Crippen LogP contribution in [0.3, 0.4) is 0 Å². The summed E-state index contributed by atoms with van der Waals surface area (Å²) in [5.41, 5.74) is 6.87. The number of para-hydroxylation sites is 1. The fourth-order valence-corrected chi connectivity index (χ4v) is 1.57. The van der Waals surface area contributed by atoms with Crippen molar-refractivity contribution in [3.8, 4) is 0 Å². The van der Waals surface area contributed by atoms with Crippen LogP contribution in [0.1, 0.15) is 10.4 Å². The first-order valence-electron chi connectivity index (χ1n) is 5.48. The van der Waals surface area contributed by atoms with Gasteiger partial charge in [0, 0.05) is 23.5 Å². The predicted octanol–water partition coefficient (Wildman–Crippen LogP) is 2.43. The Bertz CT molecular complexity index is 623. The van der Waals surface area contributed by atoms with Crippen molar-refractivity contribution in [2.24, 2.45) is 0 Å². The topological polar surface area (TPSA) is 98.3 Å². The van der Waals surface area contributed by atoms with Gasteiger partial charge in [-0.25, -0.2) is 0 Å². The van der Waals surface area contributed by atoms with Crippen molar-refractivity contribution < 1.29 is 9.72 Å². The molecule has 0 atom stereocenters. The molecule has 0 aliphatic rings. The van der Waals surface area contributed by atoms with E-state index in [9.17, 15) is 14.9 Å². The molecule has 0 spiro atoms. The van der Waals surface area contributed by atoms with E-state index in [1.807, 2.05) is 0 Å². The Morgan fingerprint density at radius 3 is 2.32 bits per heavy atom. The Morgan fingerprint density at radius 2 is 1.74 bits per heavy atom. The predicted molar refractivity (Wildman–Crippen MR) is 71.9 cm³/mol. The van der Waals surface area contributed by atoms with Crippen LogP contribution in [0, 0.1) is 10.1 Å². The van der Waals surface area contributed by atoms with Crippen molar-refractivity contribution in [3.63, 3.8) is 0 Å². The zero-order valence-corrected chi connectivity index (χ0v) is 9.87. The summed E-state index contributed by atoms with van der Waals surface area (Å²) < 4.78 is 0. The quantitative estimate of drug-likeness (QED) is 0.501. The van der Waals surface area contributed by atoms with Gasteiger partial charge in [0.1, 0.15) is 0 Å². The molecule has 0 heterocycles. The summed E-state index contributed by atoms with van der Waals surface area (Å²) in [6.45, 7) is 0. The first-order chi connectivity index (χ1) is 9.08. The number of hydrogen-bond acceptors (Lipinski definition) is 4. The molecule has 2 aromatic rings. The van der Waals surface area contributed by atoms with Gasteiger partial charge in [0.15, 0.2) is 0 Å². The lowest BCUT2D eigenvalue weighted by Crippen LogP contribution is -2.13. The Hall–Kier alpha value is -2.89. The molecule has 0 radical (unpaired) electrons.